The minimum absolute atomic E-state index is 0.0577. The minimum atomic E-state index is -0.0577. The van der Waals surface area contributed by atoms with Crippen molar-refractivity contribution in [2.24, 2.45) is 7.05 Å². The van der Waals surface area contributed by atoms with E-state index in [0.717, 1.165) is 22.0 Å². The fourth-order valence-corrected chi connectivity index (χ4v) is 2.81. The smallest absolute Gasteiger partial charge is 0.250 e. The molecule has 0 fully saturated rings. The van der Waals surface area contributed by atoms with Crippen LogP contribution in [0.1, 0.15) is 0 Å². The van der Waals surface area contributed by atoms with Gasteiger partial charge in [-0.2, -0.15) is 0 Å². The maximum atomic E-state index is 11.7. The van der Waals surface area contributed by atoms with Gasteiger partial charge in [-0.1, -0.05) is 23.7 Å². The van der Waals surface area contributed by atoms with Crippen molar-refractivity contribution in [3.05, 3.63) is 63.9 Å². The molecular formula is C17H11ClN2O2. The Bertz CT molecular complexity index is 1080. The van der Waals surface area contributed by atoms with Gasteiger partial charge in [0.15, 0.2) is 5.58 Å². The molecule has 0 aliphatic carbocycles. The molecule has 0 spiro atoms. The van der Waals surface area contributed by atoms with Crippen molar-refractivity contribution < 1.29 is 4.42 Å². The molecule has 0 saturated carbocycles. The number of halogens is 1. The van der Waals surface area contributed by atoms with Crippen molar-refractivity contribution in [3.63, 3.8) is 0 Å². The summed E-state index contributed by atoms with van der Waals surface area (Å²) in [6.45, 7) is 0. The number of rotatable bonds is 1. The van der Waals surface area contributed by atoms with Crippen molar-refractivity contribution >= 4 is 33.6 Å². The van der Waals surface area contributed by atoms with Gasteiger partial charge in [0.05, 0.1) is 16.1 Å². The molecule has 0 amide bonds. The number of oxazole rings is 1. The molecule has 0 aliphatic rings. The molecule has 108 valence electrons. The number of aromatic nitrogens is 2. The Balaban J connectivity index is 2.06. The first kappa shape index (κ1) is 13.1. The quantitative estimate of drug-likeness (QED) is 0.534. The molecule has 0 saturated heterocycles. The third kappa shape index (κ3) is 1.84. The average Bonchev–Trinajstić information content (AvgIpc) is 2.95. The molecule has 4 aromatic rings. The van der Waals surface area contributed by atoms with Crippen LogP contribution in [-0.4, -0.2) is 9.55 Å². The highest BCUT2D eigenvalue weighted by molar-refractivity contribution is 6.33. The molecule has 22 heavy (non-hydrogen) atoms. The number of hydrogen-bond donors (Lipinski definition) is 0. The Morgan fingerprint density at radius 3 is 2.73 bits per heavy atom. The summed E-state index contributed by atoms with van der Waals surface area (Å²) in [6, 6.07) is 14.4. The van der Waals surface area contributed by atoms with Gasteiger partial charge in [-0.15, -0.1) is 0 Å². The van der Waals surface area contributed by atoms with E-state index in [0.29, 0.717) is 16.5 Å². The van der Waals surface area contributed by atoms with Crippen LogP contribution in [0.2, 0.25) is 5.02 Å². The van der Waals surface area contributed by atoms with E-state index in [4.69, 9.17) is 16.0 Å². The highest BCUT2D eigenvalue weighted by atomic mass is 35.5. The predicted molar refractivity (Wildman–Crippen MR) is 87.2 cm³/mol. The van der Waals surface area contributed by atoms with E-state index >= 15 is 0 Å². The molecule has 0 N–H and O–H groups in total. The molecular weight excluding hydrogens is 300 g/mol. The van der Waals surface area contributed by atoms with Crippen LogP contribution in [0.15, 0.2) is 57.7 Å². The lowest BCUT2D eigenvalue weighted by Gasteiger charge is -2.03. The van der Waals surface area contributed by atoms with Crippen molar-refractivity contribution in [2.45, 2.75) is 0 Å². The minimum Gasteiger partial charge on any atom is -0.435 e. The van der Waals surface area contributed by atoms with Crippen LogP contribution in [0.25, 0.3) is 33.5 Å². The number of hydrogen-bond acceptors (Lipinski definition) is 3. The summed E-state index contributed by atoms with van der Waals surface area (Å²) in [5.74, 6) is 0.474. The summed E-state index contributed by atoms with van der Waals surface area (Å²) in [5.41, 5.74) is 2.89. The van der Waals surface area contributed by atoms with Crippen molar-refractivity contribution in [1.82, 2.24) is 9.55 Å². The molecule has 0 bridgehead atoms. The van der Waals surface area contributed by atoms with Gasteiger partial charge in [0, 0.05) is 18.5 Å². The molecule has 2 aromatic heterocycles. The zero-order valence-electron chi connectivity index (χ0n) is 11.7. The third-order valence-corrected chi connectivity index (χ3v) is 4.09. The van der Waals surface area contributed by atoms with Crippen LogP contribution in [0.4, 0.5) is 0 Å². The molecule has 0 aliphatic heterocycles. The SMILES string of the molecule is Cn1c(=O)ccc2c3oc(-c4ccccc4Cl)nc3ccc21. The largest absolute Gasteiger partial charge is 0.435 e. The molecule has 4 rings (SSSR count). The van der Waals surface area contributed by atoms with Crippen molar-refractivity contribution in [2.75, 3.05) is 0 Å². The lowest BCUT2D eigenvalue weighted by molar-refractivity contribution is 0.623. The fourth-order valence-electron chi connectivity index (χ4n) is 2.59. The Kier molecular flexibility index (Phi) is 2.81. The second-order valence-electron chi connectivity index (χ2n) is 5.08. The van der Waals surface area contributed by atoms with Crippen LogP contribution in [0, 0.1) is 0 Å². The molecule has 4 nitrogen and oxygen atoms in total. The normalized spacial score (nSPS) is 11.4. The van der Waals surface area contributed by atoms with Gasteiger partial charge < -0.3 is 8.98 Å². The number of nitrogens with zero attached hydrogens (tertiary/aromatic N) is 2. The highest BCUT2D eigenvalue weighted by Gasteiger charge is 2.14. The molecule has 2 aromatic carbocycles. The monoisotopic (exact) mass is 310 g/mol. The van der Waals surface area contributed by atoms with E-state index in [9.17, 15) is 4.79 Å². The Morgan fingerprint density at radius 1 is 1.09 bits per heavy atom. The zero-order valence-corrected chi connectivity index (χ0v) is 12.5. The van der Waals surface area contributed by atoms with E-state index in [1.54, 1.807) is 23.7 Å². The number of benzene rings is 2. The summed E-state index contributed by atoms with van der Waals surface area (Å²) in [4.78, 5) is 16.2. The van der Waals surface area contributed by atoms with Crippen molar-refractivity contribution in [1.29, 1.82) is 0 Å². The maximum Gasteiger partial charge on any atom is 0.250 e. The molecule has 5 heteroatoms. The van der Waals surface area contributed by atoms with Crippen LogP contribution in [0.3, 0.4) is 0 Å². The van der Waals surface area contributed by atoms with Crippen molar-refractivity contribution in [3.8, 4) is 11.5 Å². The zero-order chi connectivity index (χ0) is 15.3. The van der Waals surface area contributed by atoms with Crippen LogP contribution in [0.5, 0.6) is 0 Å². The summed E-state index contributed by atoms with van der Waals surface area (Å²) < 4.78 is 7.52. The van der Waals surface area contributed by atoms with Gasteiger partial charge in [-0.3, -0.25) is 4.79 Å². The summed E-state index contributed by atoms with van der Waals surface area (Å²) in [5, 5.41) is 1.44. The Morgan fingerprint density at radius 2 is 1.91 bits per heavy atom. The lowest BCUT2D eigenvalue weighted by Crippen LogP contribution is -2.14. The van der Waals surface area contributed by atoms with Crippen LogP contribution in [-0.2, 0) is 7.05 Å². The highest BCUT2D eigenvalue weighted by Crippen LogP contribution is 2.32. The van der Waals surface area contributed by atoms with E-state index < -0.39 is 0 Å². The number of fused-ring (bicyclic) bond motifs is 3. The molecule has 0 radical (unpaired) electrons. The van der Waals surface area contributed by atoms with E-state index in [2.05, 4.69) is 4.98 Å². The Labute approximate surface area is 130 Å². The fraction of sp³-hybridized carbons (Fsp3) is 0.0588. The van der Waals surface area contributed by atoms with Gasteiger partial charge in [0.2, 0.25) is 5.89 Å². The third-order valence-electron chi connectivity index (χ3n) is 3.76. The summed E-state index contributed by atoms with van der Waals surface area (Å²) in [7, 11) is 1.74. The van der Waals surface area contributed by atoms with Gasteiger partial charge in [0.25, 0.3) is 5.56 Å². The summed E-state index contributed by atoms with van der Waals surface area (Å²) >= 11 is 6.21. The average molecular weight is 311 g/mol. The maximum absolute atomic E-state index is 11.7. The topological polar surface area (TPSA) is 48.0 Å². The van der Waals surface area contributed by atoms with Gasteiger partial charge in [0.1, 0.15) is 5.52 Å². The predicted octanol–water partition coefficient (Wildman–Crippen LogP) is 4.00. The number of aryl methyl sites for hydroxylation is 1. The molecule has 0 atom stereocenters. The van der Waals surface area contributed by atoms with Gasteiger partial charge >= 0.3 is 0 Å². The molecule has 0 unspecified atom stereocenters. The van der Waals surface area contributed by atoms with E-state index in [1.807, 2.05) is 30.3 Å². The number of pyridine rings is 1. The first-order chi connectivity index (χ1) is 10.6. The standard InChI is InChI=1S/C17H11ClN2O2/c1-20-14-8-7-13-16(11(14)6-9-15(20)21)22-17(19-13)10-4-2-3-5-12(10)18/h2-9H,1H3. The van der Waals surface area contributed by atoms with E-state index in [1.165, 1.54) is 6.07 Å². The second kappa shape index (κ2) is 4.71. The first-order valence-electron chi connectivity index (χ1n) is 6.79. The Hall–Kier alpha value is -2.59. The summed E-state index contributed by atoms with van der Waals surface area (Å²) in [6.07, 6.45) is 0. The van der Waals surface area contributed by atoms with Gasteiger partial charge in [-0.25, -0.2) is 4.98 Å². The van der Waals surface area contributed by atoms with Crippen LogP contribution >= 0.6 is 11.6 Å². The molecule has 2 heterocycles. The van der Waals surface area contributed by atoms with E-state index in [-0.39, 0.29) is 5.56 Å². The van der Waals surface area contributed by atoms with Crippen LogP contribution < -0.4 is 5.56 Å². The lowest BCUT2D eigenvalue weighted by atomic mass is 10.2. The first-order valence-corrected chi connectivity index (χ1v) is 7.17. The second-order valence-corrected chi connectivity index (χ2v) is 5.48. The van der Waals surface area contributed by atoms with Gasteiger partial charge in [-0.05, 0) is 30.3 Å².